The van der Waals surface area contributed by atoms with Gasteiger partial charge < -0.3 is 16.0 Å². The maximum absolute atomic E-state index is 12.2. The van der Waals surface area contributed by atoms with Crippen LogP contribution in [0.3, 0.4) is 0 Å². The van der Waals surface area contributed by atoms with Gasteiger partial charge >= 0.3 is 0 Å². The molecule has 2 fully saturated rings. The van der Waals surface area contributed by atoms with Crippen molar-refractivity contribution in [1.82, 2.24) is 25.1 Å². The van der Waals surface area contributed by atoms with Crippen molar-refractivity contribution in [2.24, 2.45) is 18.7 Å². The molecule has 2 saturated carbocycles. The molecule has 2 aromatic heterocycles. The molecule has 9 heteroatoms. The van der Waals surface area contributed by atoms with E-state index in [0.29, 0.717) is 25.1 Å². The molecule has 7 nitrogen and oxygen atoms in total. The molecule has 2 aliphatic rings. The number of H-pyrrole nitrogens is 1. The van der Waals surface area contributed by atoms with E-state index in [9.17, 15) is 13.6 Å². The summed E-state index contributed by atoms with van der Waals surface area (Å²) in [6.07, 6.45) is 9.26. The van der Waals surface area contributed by atoms with E-state index in [2.05, 4.69) is 32.5 Å². The lowest BCUT2D eigenvalue weighted by Gasteiger charge is -2.28. The molecule has 0 saturated heterocycles. The van der Waals surface area contributed by atoms with Crippen LogP contribution < -0.4 is 11.1 Å². The van der Waals surface area contributed by atoms with Crippen molar-refractivity contribution >= 4 is 16.9 Å². The fourth-order valence-corrected chi connectivity index (χ4v) is 4.54. The maximum atomic E-state index is 12.2. The van der Waals surface area contributed by atoms with Crippen molar-refractivity contribution in [2.75, 3.05) is 0 Å². The summed E-state index contributed by atoms with van der Waals surface area (Å²) in [7, 11) is 1.74. The summed E-state index contributed by atoms with van der Waals surface area (Å²) >= 11 is 0. The first kappa shape index (κ1) is 24.3. The second kappa shape index (κ2) is 10.6. The SMILES string of the molecule is Cn1nccc1C(=O)NCc1nc2ccc(C(N)CC3CCC3)cc2[nH]1.FC1(F)CCCCC1. The van der Waals surface area contributed by atoms with Crippen LogP contribution in [0.15, 0.2) is 30.5 Å². The number of nitrogens with one attached hydrogen (secondary N) is 2. The number of aryl methyl sites for hydroxylation is 1. The van der Waals surface area contributed by atoms with Gasteiger partial charge in [0.15, 0.2) is 0 Å². The summed E-state index contributed by atoms with van der Waals surface area (Å²) in [4.78, 5) is 20.0. The molecule has 1 unspecified atom stereocenters. The Balaban J connectivity index is 0.000000291. The van der Waals surface area contributed by atoms with Gasteiger partial charge in [-0.2, -0.15) is 5.10 Å². The largest absolute Gasteiger partial charge is 0.343 e. The number of nitrogens with zero attached hydrogens (tertiary/aromatic N) is 3. The minimum Gasteiger partial charge on any atom is -0.343 e. The van der Waals surface area contributed by atoms with Gasteiger partial charge in [-0.05, 0) is 48.9 Å². The van der Waals surface area contributed by atoms with Crippen LogP contribution in [0.1, 0.15) is 85.7 Å². The number of carbonyl (C=O) groups excluding carboxylic acids is 1. The highest BCUT2D eigenvalue weighted by Gasteiger charge is 2.30. The Morgan fingerprint density at radius 3 is 2.59 bits per heavy atom. The van der Waals surface area contributed by atoms with E-state index in [1.165, 1.54) is 19.3 Å². The number of hydrogen-bond donors (Lipinski definition) is 3. The molecular weight excluding hydrogens is 438 g/mol. The highest BCUT2D eigenvalue weighted by molar-refractivity contribution is 5.92. The highest BCUT2D eigenvalue weighted by Crippen LogP contribution is 2.34. The predicted molar refractivity (Wildman–Crippen MR) is 127 cm³/mol. The monoisotopic (exact) mass is 472 g/mol. The summed E-state index contributed by atoms with van der Waals surface area (Å²) < 4.78 is 26.0. The Labute approximate surface area is 198 Å². The van der Waals surface area contributed by atoms with Gasteiger partial charge in [0.05, 0.1) is 17.6 Å². The van der Waals surface area contributed by atoms with Gasteiger partial charge in [0.25, 0.3) is 5.91 Å². The third-order valence-corrected chi connectivity index (χ3v) is 6.85. The quantitative estimate of drug-likeness (QED) is 0.470. The van der Waals surface area contributed by atoms with Gasteiger partial charge in [0, 0.05) is 32.1 Å². The molecular formula is C25H34F2N6O. The van der Waals surface area contributed by atoms with Crippen LogP contribution in [-0.2, 0) is 13.6 Å². The van der Waals surface area contributed by atoms with Crippen molar-refractivity contribution in [3.63, 3.8) is 0 Å². The van der Waals surface area contributed by atoms with Gasteiger partial charge in [-0.3, -0.25) is 9.48 Å². The summed E-state index contributed by atoms with van der Waals surface area (Å²) in [5.41, 5.74) is 9.87. The lowest BCUT2D eigenvalue weighted by molar-refractivity contribution is -0.0337. The lowest BCUT2D eigenvalue weighted by Crippen LogP contribution is -2.25. The van der Waals surface area contributed by atoms with Crippen molar-refractivity contribution in [1.29, 1.82) is 0 Å². The number of nitrogens with two attached hydrogens (primary N) is 1. The summed E-state index contributed by atoms with van der Waals surface area (Å²) in [5, 5.41) is 6.87. The van der Waals surface area contributed by atoms with Crippen LogP contribution in [0.4, 0.5) is 8.78 Å². The van der Waals surface area contributed by atoms with Gasteiger partial charge in [-0.15, -0.1) is 0 Å². The number of rotatable bonds is 6. The molecule has 1 atom stereocenters. The molecule has 5 rings (SSSR count). The number of fused-ring (bicyclic) bond motifs is 1. The Morgan fingerprint density at radius 2 is 2.00 bits per heavy atom. The minimum absolute atomic E-state index is 0.0704. The van der Waals surface area contributed by atoms with Crippen molar-refractivity contribution < 1.29 is 13.6 Å². The van der Waals surface area contributed by atoms with Crippen LogP contribution in [0.25, 0.3) is 11.0 Å². The van der Waals surface area contributed by atoms with E-state index in [-0.39, 0.29) is 24.8 Å². The van der Waals surface area contributed by atoms with Crippen LogP contribution in [0.2, 0.25) is 0 Å². The molecule has 2 aliphatic carbocycles. The van der Waals surface area contributed by atoms with E-state index in [1.54, 1.807) is 24.0 Å². The molecule has 1 aromatic carbocycles. The van der Waals surface area contributed by atoms with Crippen LogP contribution in [0.5, 0.6) is 0 Å². The molecule has 1 amide bonds. The first-order valence-corrected chi connectivity index (χ1v) is 12.2. The molecule has 34 heavy (non-hydrogen) atoms. The molecule has 0 aliphatic heterocycles. The topological polar surface area (TPSA) is 102 Å². The highest BCUT2D eigenvalue weighted by atomic mass is 19.3. The van der Waals surface area contributed by atoms with Crippen molar-refractivity contribution in [2.45, 2.75) is 76.3 Å². The summed E-state index contributed by atoms with van der Waals surface area (Å²) in [5.74, 6) is -0.993. The molecule has 4 N–H and O–H groups in total. The Bertz CT molecular complexity index is 1100. The van der Waals surface area contributed by atoms with Crippen molar-refractivity contribution in [3.8, 4) is 0 Å². The molecule has 0 radical (unpaired) electrons. The molecule has 0 spiro atoms. The predicted octanol–water partition coefficient (Wildman–Crippen LogP) is 5.00. The number of carbonyl (C=O) groups is 1. The number of halogens is 2. The fourth-order valence-electron chi connectivity index (χ4n) is 4.54. The van der Waals surface area contributed by atoms with Gasteiger partial charge in [0.1, 0.15) is 11.5 Å². The van der Waals surface area contributed by atoms with E-state index in [1.807, 2.05) is 6.07 Å². The zero-order chi connectivity index (χ0) is 24.1. The van der Waals surface area contributed by atoms with E-state index < -0.39 is 5.92 Å². The Kier molecular flexibility index (Phi) is 7.60. The number of hydrogen-bond acceptors (Lipinski definition) is 4. The third kappa shape index (κ3) is 6.20. The number of aromatic amines is 1. The standard InChI is InChI=1S/C19H24N6O.C6H10F2/c1-25-17(7-8-22-25)19(26)21-11-18-23-15-6-5-13(10-16(15)24-18)14(20)9-12-3-2-4-12;7-6(8)4-2-1-3-5-6/h5-8,10,12,14H,2-4,9,11,20H2,1H3,(H,21,26)(H,23,24);1-5H2. The molecule has 0 bridgehead atoms. The molecule has 2 heterocycles. The third-order valence-electron chi connectivity index (χ3n) is 6.85. The van der Waals surface area contributed by atoms with E-state index >= 15 is 0 Å². The average molecular weight is 473 g/mol. The first-order chi connectivity index (χ1) is 16.3. The maximum Gasteiger partial charge on any atom is 0.269 e. The van der Waals surface area contributed by atoms with Crippen LogP contribution in [0, 0.1) is 5.92 Å². The van der Waals surface area contributed by atoms with E-state index in [0.717, 1.165) is 41.2 Å². The number of aromatic nitrogens is 4. The van der Waals surface area contributed by atoms with Crippen LogP contribution in [-0.4, -0.2) is 31.6 Å². The lowest BCUT2D eigenvalue weighted by atomic mass is 9.80. The van der Waals surface area contributed by atoms with Gasteiger partial charge in [-0.25, -0.2) is 13.8 Å². The average Bonchev–Trinajstić information content (AvgIpc) is 3.39. The Morgan fingerprint density at radius 1 is 1.24 bits per heavy atom. The number of imidazole rings is 1. The molecule has 184 valence electrons. The summed E-state index contributed by atoms with van der Waals surface area (Å²) in [6.45, 7) is 0.335. The fraction of sp³-hybridized carbons (Fsp3) is 0.560. The second-order valence-electron chi connectivity index (χ2n) is 9.54. The van der Waals surface area contributed by atoms with Crippen molar-refractivity contribution in [3.05, 3.63) is 47.5 Å². The van der Waals surface area contributed by atoms with E-state index in [4.69, 9.17) is 5.73 Å². The smallest absolute Gasteiger partial charge is 0.269 e. The van der Waals surface area contributed by atoms with Crippen LogP contribution >= 0.6 is 0 Å². The zero-order valence-corrected chi connectivity index (χ0v) is 19.7. The van der Waals surface area contributed by atoms with Gasteiger partial charge in [-0.1, -0.05) is 31.7 Å². The zero-order valence-electron chi connectivity index (χ0n) is 19.7. The molecule has 3 aromatic rings. The van der Waals surface area contributed by atoms with Gasteiger partial charge in [0.2, 0.25) is 5.92 Å². The summed E-state index contributed by atoms with van der Waals surface area (Å²) in [6, 6.07) is 7.89. The minimum atomic E-state index is -2.32. The second-order valence-corrected chi connectivity index (χ2v) is 9.54. The number of amides is 1. The Hall–Kier alpha value is -2.81. The number of alkyl halides is 2. The first-order valence-electron chi connectivity index (χ1n) is 12.2. The number of benzene rings is 1. The normalized spacial score (nSPS) is 18.6.